The standard InChI is InChI=1S/C36H46N4O6S/c1-24(2)14-15-39-17-19-46-18-16-38(3)47(43,44)37-35(41)26-10-12-31-32(22-26)40-23-28(36(39)42)20-27-21-29(45-4)11-13-30(27)34(40)33(31)25-8-6-5-7-9-25/h10-13,20-22,24-25H,5-9,14-19,23H2,1-4H3,(H,37,41). The monoisotopic (exact) mass is 662 g/mol. The van der Waals surface area contributed by atoms with Crippen molar-refractivity contribution in [3.05, 3.63) is 58.7 Å². The van der Waals surface area contributed by atoms with Gasteiger partial charge in [-0.1, -0.05) is 39.2 Å². The van der Waals surface area contributed by atoms with Gasteiger partial charge in [0.05, 0.1) is 32.6 Å². The van der Waals surface area contributed by atoms with Gasteiger partial charge in [-0.25, -0.2) is 4.72 Å². The Morgan fingerprint density at radius 2 is 1.79 bits per heavy atom. The first kappa shape index (κ1) is 33.2. The van der Waals surface area contributed by atoms with Gasteiger partial charge in [-0.15, -0.1) is 0 Å². The van der Waals surface area contributed by atoms with E-state index < -0.39 is 16.1 Å². The molecule has 1 saturated carbocycles. The van der Waals surface area contributed by atoms with Gasteiger partial charge in [-0.2, -0.15) is 12.7 Å². The van der Waals surface area contributed by atoms with E-state index in [2.05, 4.69) is 29.2 Å². The summed E-state index contributed by atoms with van der Waals surface area (Å²) in [4.78, 5) is 29.9. The number of amides is 2. The van der Waals surface area contributed by atoms with Gasteiger partial charge in [0, 0.05) is 54.3 Å². The van der Waals surface area contributed by atoms with Gasteiger partial charge >= 0.3 is 10.2 Å². The Labute approximate surface area is 277 Å². The van der Waals surface area contributed by atoms with E-state index in [4.69, 9.17) is 9.47 Å². The maximum absolute atomic E-state index is 14.5. The molecule has 47 heavy (non-hydrogen) atoms. The van der Waals surface area contributed by atoms with Crippen molar-refractivity contribution in [1.29, 1.82) is 0 Å². The number of nitrogens with zero attached hydrogens (tertiary/aromatic N) is 3. The number of carbonyl (C=O) groups excluding carboxylic acids is 2. The van der Waals surface area contributed by atoms with Crippen molar-refractivity contribution < 1.29 is 27.5 Å². The molecule has 1 N–H and O–H groups in total. The van der Waals surface area contributed by atoms with E-state index in [0.717, 1.165) is 64.1 Å². The molecule has 0 spiro atoms. The molecule has 11 heteroatoms. The Morgan fingerprint density at radius 3 is 2.53 bits per heavy atom. The minimum absolute atomic E-state index is 0.0579. The lowest BCUT2D eigenvalue weighted by atomic mass is 9.81. The summed E-state index contributed by atoms with van der Waals surface area (Å²) < 4.78 is 43.1. The molecule has 0 saturated heterocycles. The van der Waals surface area contributed by atoms with Crippen molar-refractivity contribution in [3.63, 3.8) is 0 Å². The predicted octanol–water partition coefficient (Wildman–Crippen LogP) is 5.57. The second kappa shape index (κ2) is 13.8. The molecule has 4 bridgehead atoms. The highest BCUT2D eigenvalue weighted by Gasteiger charge is 2.32. The third kappa shape index (κ3) is 6.84. The van der Waals surface area contributed by atoms with Gasteiger partial charge in [0.15, 0.2) is 0 Å². The van der Waals surface area contributed by atoms with Crippen molar-refractivity contribution in [1.82, 2.24) is 18.5 Å². The molecular weight excluding hydrogens is 616 g/mol. The molecule has 0 radical (unpaired) electrons. The molecule has 0 unspecified atom stereocenters. The zero-order valence-electron chi connectivity index (χ0n) is 27.9. The summed E-state index contributed by atoms with van der Waals surface area (Å²) in [6.07, 6.45) is 8.46. The van der Waals surface area contributed by atoms with Crippen molar-refractivity contribution in [2.24, 2.45) is 5.92 Å². The predicted molar refractivity (Wildman–Crippen MR) is 184 cm³/mol. The Kier molecular flexibility index (Phi) is 9.77. The summed E-state index contributed by atoms with van der Waals surface area (Å²) in [5.74, 6) is 0.668. The van der Waals surface area contributed by atoms with E-state index in [-0.39, 0.29) is 31.2 Å². The number of hydrogen-bond donors (Lipinski definition) is 1. The number of aromatic nitrogens is 1. The van der Waals surface area contributed by atoms with Gasteiger partial charge in [-0.3, -0.25) is 9.59 Å². The number of carbonyl (C=O) groups is 2. The van der Waals surface area contributed by atoms with Crippen molar-refractivity contribution >= 4 is 39.0 Å². The van der Waals surface area contributed by atoms with Gasteiger partial charge in [0.2, 0.25) is 0 Å². The third-order valence-corrected chi connectivity index (χ3v) is 11.2. The van der Waals surface area contributed by atoms with Crippen LogP contribution in [0.4, 0.5) is 0 Å². The second-order valence-electron chi connectivity index (χ2n) is 13.4. The molecule has 2 aliphatic heterocycles. The number of likely N-dealkylation sites (N-methyl/N-ethyl adjacent to an activating group) is 1. The molecule has 1 aromatic heterocycles. The van der Waals surface area contributed by atoms with E-state index in [1.807, 2.05) is 29.2 Å². The lowest BCUT2D eigenvalue weighted by Crippen LogP contribution is -2.43. The molecule has 3 heterocycles. The van der Waals surface area contributed by atoms with Gasteiger partial charge in [0.1, 0.15) is 5.75 Å². The van der Waals surface area contributed by atoms with Crippen LogP contribution < -0.4 is 9.46 Å². The average Bonchev–Trinajstić information content (AvgIpc) is 3.27. The Balaban J connectivity index is 1.59. The minimum Gasteiger partial charge on any atom is -0.497 e. The number of rotatable bonds is 5. The molecule has 0 atom stereocenters. The fourth-order valence-electron chi connectivity index (χ4n) is 7.09. The zero-order valence-corrected chi connectivity index (χ0v) is 28.7. The fourth-order valence-corrected chi connectivity index (χ4v) is 7.91. The van der Waals surface area contributed by atoms with E-state index in [1.54, 1.807) is 19.2 Å². The number of ether oxygens (including phenoxy) is 2. The number of nitrogens with one attached hydrogen (secondary N) is 1. The van der Waals surface area contributed by atoms with E-state index in [9.17, 15) is 18.0 Å². The summed E-state index contributed by atoms with van der Waals surface area (Å²) in [6, 6.07) is 11.5. The van der Waals surface area contributed by atoms with Crippen LogP contribution in [-0.4, -0.2) is 81.0 Å². The summed E-state index contributed by atoms with van der Waals surface area (Å²) >= 11 is 0. The van der Waals surface area contributed by atoms with E-state index in [1.165, 1.54) is 19.0 Å². The SMILES string of the molecule is COc1ccc2c(c1)C=C1Cn3c-2c(C2CCCCC2)c2ccc(cc23)C(=O)NS(=O)(=O)N(C)CCOCCN(CCC(C)C)C1=O. The highest BCUT2D eigenvalue weighted by molar-refractivity contribution is 7.87. The van der Waals surface area contributed by atoms with Gasteiger partial charge in [0.25, 0.3) is 11.8 Å². The maximum Gasteiger partial charge on any atom is 0.303 e. The number of methoxy groups -OCH3 is 1. The summed E-state index contributed by atoms with van der Waals surface area (Å²) in [5.41, 5.74) is 5.87. The molecule has 252 valence electrons. The largest absolute Gasteiger partial charge is 0.497 e. The molecule has 1 aliphatic carbocycles. The van der Waals surface area contributed by atoms with Crippen molar-refractivity contribution in [2.45, 2.75) is 64.8 Å². The topological polar surface area (TPSA) is 110 Å². The molecule has 2 aromatic carbocycles. The Hall–Kier alpha value is -3.67. The molecule has 1 fully saturated rings. The van der Waals surface area contributed by atoms with Crippen LogP contribution in [0, 0.1) is 5.92 Å². The summed E-state index contributed by atoms with van der Waals surface area (Å²) in [7, 11) is -1.04. The molecule has 3 aromatic rings. The van der Waals surface area contributed by atoms with Crippen LogP contribution in [-0.2, 0) is 26.3 Å². The summed E-state index contributed by atoms with van der Waals surface area (Å²) in [5, 5.41) is 1.03. The first-order valence-corrected chi connectivity index (χ1v) is 18.2. The lowest BCUT2D eigenvalue weighted by Gasteiger charge is -2.25. The van der Waals surface area contributed by atoms with Gasteiger partial charge in [-0.05, 0) is 78.6 Å². The lowest BCUT2D eigenvalue weighted by molar-refractivity contribution is -0.128. The number of benzene rings is 2. The van der Waals surface area contributed by atoms with E-state index >= 15 is 0 Å². The van der Waals surface area contributed by atoms with Gasteiger partial charge < -0.3 is 18.9 Å². The quantitative estimate of drug-likeness (QED) is 0.383. The van der Waals surface area contributed by atoms with Crippen LogP contribution in [0.15, 0.2) is 42.0 Å². The number of hydrogen-bond acceptors (Lipinski definition) is 6. The zero-order chi connectivity index (χ0) is 33.3. The first-order valence-electron chi connectivity index (χ1n) is 16.8. The van der Waals surface area contributed by atoms with Crippen LogP contribution in [0.25, 0.3) is 28.2 Å². The molecule has 3 aliphatic rings. The first-order chi connectivity index (χ1) is 22.6. The van der Waals surface area contributed by atoms with Crippen molar-refractivity contribution in [3.8, 4) is 17.0 Å². The highest BCUT2D eigenvalue weighted by atomic mass is 32.2. The minimum atomic E-state index is -4.10. The maximum atomic E-state index is 14.5. The number of fused-ring (bicyclic) bond motifs is 4. The fraction of sp³-hybridized carbons (Fsp3) is 0.500. The van der Waals surface area contributed by atoms with Crippen LogP contribution in [0.1, 0.15) is 79.8 Å². The average molecular weight is 663 g/mol. The second-order valence-corrected chi connectivity index (χ2v) is 15.2. The normalized spacial score (nSPS) is 19.9. The molecule has 6 rings (SSSR count). The molecular formula is C36H46N4O6S. The Morgan fingerprint density at radius 1 is 1.02 bits per heavy atom. The Bertz CT molecular complexity index is 1810. The van der Waals surface area contributed by atoms with Crippen molar-refractivity contribution in [2.75, 3.05) is 47.0 Å². The third-order valence-electron chi connectivity index (χ3n) is 9.78. The van der Waals surface area contributed by atoms with E-state index in [0.29, 0.717) is 42.8 Å². The molecule has 10 nitrogen and oxygen atoms in total. The smallest absolute Gasteiger partial charge is 0.303 e. The van der Waals surface area contributed by atoms with Crippen LogP contribution >= 0.6 is 0 Å². The molecule has 2 amide bonds. The highest BCUT2D eigenvalue weighted by Crippen LogP contribution is 2.47. The van der Waals surface area contributed by atoms with Crippen LogP contribution in [0.2, 0.25) is 0 Å². The van der Waals surface area contributed by atoms with Crippen LogP contribution in [0.5, 0.6) is 5.75 Å². The summed E-state index contributed by atoms with van der Waals surface area (Å²) in [6.45, 7) is 5.97. The van der Waals surface area contributed by atoms with Crippen LogP contribution in [0.3, 0.4) is 0 Å².